The fraction of sp³-hybridized carbons (Fsp3) is 0.267. The predicted octanol–water partition coefficient (Wildman–Crippen LogP) is 1.95. The molecule has 2 rings (SSSR count). The van der Waals surface area contributed by atoms with Gasteiger partial charge in [0.1, 0.15) is 0 Å². The first-order valence-corrected chi connectivity index (χ1v) is 6.02. The van der Waals surface area contributed by atoms with Crippen LogP contribution in [0.5, 0.6) is 0 Å². The van der Waals surface area contributed by atoms with E-state index in [0.717, 1.165) is 16.3 Å². The fourth-order valence-corrected chi connectivity index (χ4v) is 1.95. The molecule has 2 aromatic carbocycles. The number of carbonyl (C=O) groups is 1. The molecular formula is C15H17NO2. The highest BCUT2D eigenvalue weighted by Gasteiger charge is 2.09. The first-order chi connectivity index (χ1) is 8.70. The second-order valence-electron chi connectivity index (χ2n) is 4.45. The number of rotatable bonds is 5. The van der Waals surface area contributed by atoms with E-state index >= 15 is 0 Å². The summed E-state index contributed by atoms with van der Waals surface area (Å²) in [7, 11) is 1.83. The average Bonchev–Trinajstić information content (AvgIpc) is 2.38. The Morgan fingerprint density at radius 2 is 1.89 bits per heavy atom. The normalized spacial score (nSPS) is 11.1. The van der Waals surface area contributed by atoms with Crippen LogP contribution in [-0.2, 0) is 0 Å². The van der Waals surface area contributed by atoms with Gasteiger partial charge in [-0.15, -0.1) is 0 Å². The van der Waals surface area contributed by atoms with Gasteiger partial charge in [0.15, 0.2) is 5.78 Å². The summed E-state index contributed by atoms with van der Waals surface area (Å²) in [5, 5.41) is 11.0. The maximum Gasteiger partial charge on any atom is 0.176 e. The van der Waals surface area contributed by atoms with Crippen molar-refractivity contribution in [2.45, 2.75) is 0 Å². The standard InChI is InChI=1S/C15H17NO2/c1-16(8-9-17)11-15(18)14-7-6-12-4-2-3-5-13(12)10-14/h2-7,10,17H,8-9,11H2,1H3. The molecule has 3 nitrogen and oxygen atoms in total. The van der Waals surface area contributed by atoms with Crippen LogP contribution in [0.1, 0.15) is 10.4 Å². The Labute approximate surface area is 107 Å². The van der Waals surface area contributed by atoms with Crippen molar-refractivity contribution < 1.29 is 9.90 Å². The summed E-state index contributed by atoms with van der Waals surface area (Å²) in [6.45, 7) is 0.916. The molecule has 0 aromatic heterocycles. The van der Waals surface area contributed by atoms with Gasteiger partial charge in [0.2, 0.25) is 0 Å². The highest BCUT2D eigenvalue weighted by atomic mass is 16.3. The molecule has 0 aliphatic rings. The van der Waals surface area contributed by atoms with Gasteiger partial charge in [-0.2, -0.15) is 0 Å². The van der Waals surface area contributed by atoms with Crippen molar-refractivity contribution in [3.8, 4) is 0 Å². The molecule has 0 bridgehead atoms. The number of benzene rings is 2. The quantitative estimate of drug-likeness (QED) is 0.816. The van der Waals surface area contributed by atoms with Crippen molar-refractivity contribution in [1.29, 1.82) is 0 Å². The molecule has 18 heavy (non-hydrogen) atoms. The van der Waals surface area contributed by atoms with Crippen LogP contribution in [0.4, 0.5) is 0 Å². The first-order valence-electron chi connectivity index (χ1n) is 6.02. The maximum absolute atomic E-state index is 12.1. The SMILES string of the molecule is CN(CCO)CC(=O)c1ccc2ccccc2c1. The molecule has 0 saturated heterocycles. The van der Waals surface area contributed by atoms with E-state index in [-0.39, 0.29) is 12.4 Å². The number of carbonyl (C=O) groups excluding carboxylic acids is 1. The highest BCUT2D eigenvalue weighted by molar-refractivity contribution is 6.01. The third-order valence-electron chi connectivity index (χ3n) is 2.97. The van der Waals surface area contributed by atoms with Gasteiger partial charge in [-0.25, -0.2) is 0 Å². The van der Waals surface area contributed by atoms with Crippen molar-refractivity contribution in [1.82, 2.24) is 4.90 Å². The molecule has 0 fully saturated rings. The van der Waals surface area contributed by atoms with Crippen LogP contribution in [0.3, 0.4) is 0 Å². The monoisotopic (exact) mass is 243 g/mol. The Morgan fingerprint density at radius 1 is 1.17 bits per heavy atom. The lowest BCUT2D eigenvalue weighted by Gasteiger charge is -2.13. The van der Waals surface area contributed by atoms with Gasteiger partial charge in [-0.3, -0.25) is 9.69 Å². The number of hydrogen-bond donors (Lipinski definition) is 1. The van der Waals surface area contributed by atoms with Crippen molar-refractivity contribution in [3.05, 3.63) is 48.0 Å². The minimum absolute atomic E-state index is 0.0709. The molecule has 0 spiro atoms. The van der Waals surface area contributed by atoms with E-state index in [0.29, 0.717) is 13.1 Å². The zero-order valence-electron chi connectivity index (χ0n) is 10.5. The van der Waals surface area contributed by atoms with E-state index < -0.39 is 0 Å². The van der Waals surface area contributed by atoms with Crippen LogP contribution in [-0.4, -0.2) is 42.5 Å². The molecule has 1 N–H and O–H groups in total. The van der Waals surface area contributed by atoms with Gasteiger partial charge < -0.3 is 5.11 Å². The molecule has 3 heteroatoms. The third kappa shape index (κ3) is 2.94. The van der Waals surface area contributed by atoms with Crippen LogP contribution in [0, 0.1) is 0 Å². The summed E-state index contributed by atoms with van der Waals surface area (Å²) in [5.41, 5.74) is 0.721. The summed E-state index contributed by atoms with van der Waals surface area (Å²) < 4.78 is 0. The molecule has 2 aromatic rings. The van der Waals surface area contributed by atoms with Crippen LogP contribution in [0.2, 0.25) is 0 Å². The minimum Gasteiger partial charge on any atom is -0.395 e. The van der Waals surface area contributed by atoms with Crippen LogP contribution < -0.4 is 0 Å². The minimum atomic E-state index is 0.0709. The van der Waals surface area contributed by atoms with Crippen molar-refractivity contribution >= 4 is 16.6 Å². The van der Waals surface area contributed by atoms with E-state index in [2.05, 4.69) is 0 Å². The number of fused-ring (bicyclic) bond motifs is 1. The fourth-order valence-electron chi connectivity index (χ4n) is 1.95. The van der Waals surface area contributed by atoms with Crippen molar-refractivity contribution in [2.75, 3.05) is 26.7 Å². The molecule has 94 valence electrons. The molecular weight excluding hydrogens is 226 g/mol. The number of nitrogens with zero attached hydrogens (tertiary/aromatic N) is 1. The van der Waals surface area contributed by atoms with Gasteiger partial charge in [0.25, 0.3) is 0 Å². The van der Waals surface area contributed by atoms with Crippen LogP contribution >= 0.6 is 0 Å². The topological polar surface area (TPSA) is 40.5 Å². The summed E-state index contributed by atoms with van der Waals surface area (Å²) in [4.78, 5) is 13.9. The summed E-state index contributed by atoms with van der Waals surface area (Å²) in [6.07, 6.45) is 0. The van der Waals surface area contributed by atoms with Crippen molar-refractivity contribution in [2.24, 2.45) is 0 Å². The van der Waals surface area contributed by atoms with Gasteiger partial charge >= 0.3 is 0 Å². The van der Waals surface area contributed by atoms with Crippen LogP contribution in [0.15, 0.2) is 42.5 Å². The molecule has 0 aliphatic heterocycles. The highest BCUT2D eigenvalue weighted by Crippen LogP contribution is 2.16. The number of ketones is 1. The summed E-state index contributed by atoms with van der Waals surface area (Å²) >= 11 is 0. The Morgan fingerprint density at radius 3 is 2.61 bits per heavy atom. The lowest BCUT2D eigenvalue weighted by atomic mass is 10.0. The van der Waals surface area contributed by atoms with Gasteiger partial charge in [-0.1, -0.05) is 36.4 Å². The van der Waals surface area contributed by atoms with Crippen LogP contribution in [0.25, 0.3) is 10.8 Å². The van der Waals surface area contributed by atoms with E-state index in [1.54, 1.807) is 0 Å². The lowest BCUT2D eigenvalue weighted by molar-refractivity contribution is 0.0936. The van der Waals surface area contributed by atoms with Gasteiger partial charge in [0.05, 0.1) is 13.2 Å². The summed E-state index contributed by atoms with van der Waals surface area (Å²) in [6, 6.07) is 13.7. The maximum atomic E-state index is 12.1. The largest absolute Gasteiger partial charge is 0.395 e. The predicted molar refractivity (Wildman–Crippen MR) is 72.9 cm³/mol. The van der Waals surface area contributed by atoms with E-state index in [1.807, 2.05) is 54.4 Å². The summed E-state index contributed by atoms with van der Waals surface area (Å²) in [5.74, 6) is 0.0803. The Hall–Kier alpha value is -1.71. The molecule has 0 unspecified atom stereocenters. The zero-order valence-corrected chi connectivity index (χ0v) is 10.5. The smallest absolute Gasteiger partial charge is 0.176 e. The number of aliphatic hydroxyl groups is 1. The molecule has 0 aliphatic carbocycles. The Bertz CT molecular complexity index is 551. The second kappa shape index (κ2) is 5.76. The van der Waals surface area contributed by atoms with Gasteiger partial charge in [0, 0.05) is 12.1 Å². The molecule has 0 atom stereocenters. The molecule has 0 radical (unpaired) electrons. The van der Waals surface area contributed by atoms with Gasteiger partial charge in [-0.05, 0) is 23.9 Å². The lowest BCUT2D eigenvalue weighted by Crippen LogP contribution is -2.28. The first kappa shape index (κ1) is 12.7. The van der Waals surface area contributed by atoms with E-state index in [4.69, 9.17) is 5.11 Å². The molecule has 0 amide bonds. The Balaban J connectivity index is 2.17. The number of aliphatic hydroxyl groups excluding tert-OH is 1. The molecule has 0 heterocycles. The molecule has 0 saturated carbocycles. The van der Waals surface area contributed by atoms with E-state index in [9.17, 15) is 4.79 Å². The second-order valence-corrected chi connectivity index (χ2v) is 4.45. The van der Waals surface area contributed by atoms with Crippen molar-refractivity contribution in [3.63, 3.8) is 0 Å². The number of hydrogen-bond acceptors (Lipinski definition) is 3. The number of likely N-dealkylation sites (N-methyl/N-ethyl adjacent to an activating group) is 1. The third-order valence-corrected chi connectivity index (χ3v) is 2.97. The Kier molecular flexibility index (Phi) is 4.07. The van der Waals surface area contributed by atoms with E-state index in [1.165, 1.54) is 0 Å². The average molecular weight is 243 g/mol. The number of Topliss-reactive ketones (excluding diaryl/α,β-unsaturated/α-hetero) is 1. The zero-order chi connectivity index (χ0) is 13.0.